The van der Waals surface area contributed by atoms with E-state index in [4.69, 9.17) is 4.74 Å². The first-order valence-electron chi connectivity index (χ1n) is 7.64. The highest BCUT2D eigenvalue weighted by molar-refractivity contribution is 5.78. The normalized spacial score (nSPS) is 30.6. The molecule has 1 aromatic heterocycles. The highest BCUT2D eigenvalue weighted by atomic mass is 16.5. The molecular formula is C14H23N5O2. The molecule has 0 spiro atoms. The van der Waals surface area contributed by atoms with Crippen LogP contribution >= 0.6 is 0 Å². The van der Waals surface area contributed by atoms with Gasteiger partial charge in [0.2, 0.25) is 5.91 Å². The number of rotatable bonds is 4. The number of hydrogen-bond donors (Lipinski definition) is 1. The highest BCUT2D eigenvalue weighted by Crippen LogP contribution is 2.13. The Labute approximate surface area is 124 Å². The maximum absolute atomic E-state index is 11.2. The molecule has 1 aromatic rings. The predicted octanol–water partition coefficient (Wildman–Crippen LogP) is 0.166. The number of carbonyl (C=O) groups excluding carboxylic acids is 1. The van der Waals surface area contributed by atoms with E-state index in [1.165, 1.54) is 0 Å². The van der Waals surface area contributed by atoms with Gasteiger partial charge in [-0.15, -0.1) is 5.10 Å². The molecule has 3 rings (SSSR count). The zero-order valence-electron chi connectivity index (χ0n) is 12.7. The average Bonchev–Trinajstić information content (AvgIpc) is 2.98. The van der Waals surface area contributed by atoms with E-state index < -0.39 is 0 Å². The third-order valence-corrected chi connectivity index (χ3v) is 3.96. The summed E-state index contributed by atoms with van der Waals surface area (Å²) < 4.78 is 7.57. The summed E-state index contributed by atoms with van der Waals surface area (Å²) >= 11 is 0. The average molecular weight is 293 g/mol. The smallest absolute Gasteiger partial charge is 0.220 e. The molecule has 116 valence electrons. The SMILES string of the molecule is C[C@@H]1CN(Cc2cn(C[C@@H]3CCC(=O)N3)nn2)C[C@H](C)O1. The van der Waals surface area contributed by atoms with Crippen LogP contribution in [0.4, 0.5) is 0 Å². The van der Waals surface area contributed by atoms with Crippen molar-refractivity contribution in [1.29, 1.82) is 0 Å². The number of nitrogens with one attached hydrogen (secondary N) is 1. The number of ether oxygens (including phenoxy) is 1. The first kappa shape index (κ1) is 14.5. The van der Waals surface area contributed by atoms with Crippen LogP contribution in [0.1, 0.15) is 32.4 Å². The lowest BCUT2D eigenvalue weighted by Gasteiger charge is -2.34. The molecule has 2 aliphatic rings. The Bertz CT molecular complexity index is 493. The maximum atomic E-state index is 11.2. The molecule has 21 heavy (non-hydrogen) atoms. The van der Waals surface area contributed by atoms with Crippen molar-refractivity contribution in [3.8, 4) is 0 Å². The molecule has 0 unspecified atom stereocenters. The van der Waals surface area contributed by atoms with Crippen molar-refractivity contribution in [2.24, 2.45) is 0 Å². The molecule has 0 saturated carbocycles. The Morgan fingerprint density at radius 3 is 2.81 bits per heavy atom. The summed E-state index contributed by atoms with van der Waals surface area (Å²) in [7, 11) is 0. The van der Waals surface area contributed by atoms with Crippen LogP contribution in [-0.2, 0) is 22.6 Å². The van der Waals surface area contributed by atoms with Crippen molar-refractivity contribution in [2.75, 3.05) is 13.1 Å². The Morgan fingerprint density at radius 2 is 2.14 bits per heavy atom. The molecular weight excluding hydrogens is 270 g/mol. The molecule has 3 heterocycles. The lowest BCUT2D eigenvalue weighted by molar-refractivity contribution is -0.119. The monoisotopic (exact) mass is 293 g/mol. The molecule has 2 saturated heterocycles. The van der Waals surface area contributed by atoms with Crippen LogP contribution in [0.15, 0.2) is 6.20 Å². The van der Waals surface area contributed by atoms with Crippen LogP contribution in [0.3, 0.4) is 0 Å². The molecule has 1 N–H and O–H groups in total. The van der Waals surface area contributed by atoms with E-state index in [0.717, 1.165) is 31.7 Å². The summed E-state index contributed by atoms with van der Waals surface area (Å²) in [6.45, 7) is 7.56. The number of carbonyl (C=O) groups is 1. The van der Waals surface area contributed by atoms with Crippen molar-refractivity contribution in [3.05, 3.63) is 11.9 Å². The predicted molar refractivity (Wildman–Crippen MR) is 76.5 cm³/mol. The van der Waals surface area contributed by atoms with Crippen molar-refractivity contribution >= 4 is 5.91 Å². The molecule has 0 aromatic carbocycles. The number of aromatic nitrogens is 3. The van der Waals surface area contributed by atoms with E-state index in [0.29, 0.717) is 13.0 Å². The van der Waals surface area contributed by atoms with E-state index in [1.807, 2.05) is 10.9 Å². The Hall–Kier alpha value is -1.47. The van der Waals surface area contributed by atoms with Crippen molar-refractivity contribution in [1.82, 2.24) is 25.2 Å². The van der Waals surface area contributed by atoms with Gasteiger partial charge in [-0.3, -0.25) is 14.4 Å². The van der Waals surface area contributed by atoms with Gasteiger partial charge in [0.05, 0.1) is 24.4 Å². The molecule has 2 aliphatic heterocycles. The second-order valence-electron chi connectivity index (χ2n) is 6.19. The molecule has 0 aliphatic carbocycles. The molecule has 3 atom stereocenters. The van der Waals surface area contributed by atoms with Crippen molar-refractivity contribution in [2.45, 2.75) is 58.0 Å². The fourth-order valence-corrected chi connectivity index (χ4v) is 3.18. The van der Waals surface area contributed by atoms with Crippen molar-refractivity contribution in [3.63, 3.8) is 0 Å². The van der Waals surface area contributed by atoms with Crippen LogP contribution in [0.25, 0.3) is 0 Å². The van der Waals surface area contributed by atoms with Gasteiger partial charge < -0.3 is 10.1 Å². The topological polar surface area (TPSA) is 72.3 Å². The number of nitrogens with zero attached hydrogens (tertiary/aromatic N) is 4. The zero-order chi connectivity index (χ0) is 14.8. The standard InChI is InChI=1S/C14H23N5O2/c1-10-5-18(6-11(2)21-10)7-13-9-19(17-16-13)8-12-3-4-14(20)15-12/h9-12H,3-8H2,1-2H3,(H,15,20)/t10-,11+,12-/m0/s1. The van der Waals surface area contributed by atoms with E-state index in [9.17, 15) is 4.79 Å². The van der Waals surface area contributed by atoms with Gasteiger partial charge in [-0.2, -0.15) is 0 Å². The summed E-state index contributed by atoms with van der Waals surface area (Å²) in [5.41, 5.74) is 0.973. The number of hydrogen-bond acceptors (Lipinski definition) is 5. The van der Waals surface area contributed by atoms with Gasteiger partial charge in [-0.05, 0) is 20.3 Å². The minimum Gasteiger partial charge on any atom is -0.373 e. The van der Waals surface area contributed by atoms with Crippen LogP contribution in [0.2, 0.25) is 0 Å². The third kappa shape index (κ3) is 3.79. The molecule has 0 radical (unpaired) electrons. The lowest BCUT2D eigenvalue weighted by atomic mass is 10.2. The quantitative estimate of drug-likeness (QED) is 0.856. The van der Waals surface area contributed by atoms with E-state index in [1.54, 1.807) is 0 Å². The zero-order valence-corrected chi connectivity index (χ0v) is 12.7. The van der Waals surface area contributed by atoms with Gasteiger partial charge >= 0.3 is 0 Å². The highest BCUT2D eigenvalue weighted by Gasteiger charge is 2.24. The van der Waals surface area contributed by atoms with Crippen molar-refractivity contribution < 1.29 is 9.53 Å². The van der Waals surface area contributed by atoms with Crippen LogP contribution < -0.4 is 5.32 Å². The largest absolute Gasteiger partial charge is 0.373 e. The first-order chi connectivity index (χ1) is 10.1. The van der Waals surface area contributed by atoms with E-state index in [2.05, 4.69) is 34.4 Å². The van der Waals surface area contributed by atoms with Crippen LogP contribution in [-0.4, -0.2) is 57.1 Å². The first-order valence-corrected chi connectivity index (χ1v) is 7.64. The fourth-order valence-electron chi connectivity index (χ4n) is 3.18. The second kappa shape index (κ2) is 6.11. The van der Waals surface area contributed by atoms with Gasteiger partial charge in [0, 0.05) is 38.3 Å². The van der Waals surface area contributed by atoms with Gasteiger partial charge in [0.25, 0.3) is 0 Å². The molecule has 0 bridgehead atoms. The molecule has 2 fully saturated rings. The van der Waals surface area contributed by atoms with Crippen LogP contribution in [0.5, 0.6) is 0 Å². The summed E-state index contributed by atoms with van der Waals surface area (Å²) in [5.74, 6) is 0.136. The minimum atomic E-state index is 0.136. The molecule has 1 amide bonds. The summed E-state index contributed by atoms with van der Waals surface area (Å²) in [5, 5.41) is 11.4. The van der Waals surface area contributed by atoms with Crippen LogP contribution in [0, 0.1) is 0 Å². The van der Waals surface area contributed by atoms with E-state index >= 15 is 0 Å². The minimum absolute atomic E-state index is 0.136. The fraction of sp³-hybridized carbons (Fsp3) is 0.786. The summed E-state index contributed by atoms with van der Waals surface area (Å²) in [4.78, 5) is 13.5. The molecule has 7 heteroatoms. The number of morpholine rings is 1. The van der Waals surface area contributed by atoms with Gasteiger partial charge in [0.1, 0.15) is 0 Å². The third-order valence-electron chi connectivity index (χ3n) is 3.96. The second-order valence-corrected chi connectivity index (χ2v) is 6.19. The lowest BCUT2D eigenvalue weighted by Crippen LogP contribution is -2.44. The van der Waals surface area contributed by atoms with Gasteiger partial charge in [0.15, 0.2) is 0 Å². The summed E-state index contributed by atoms with van der Waals surface area (Å²) in [6, 6.07) is 0.190. The Balaban J connectivity index is 1.54. The molecule has 7 nitrogen and oxygen atoms in total. The Kier molecular flexibility index (Phi) is 4.21. The van der Waals surface area contributed by atoms with Gasteiger partial charge in [-0.1, -0.05) is 5.21 Å². The maximum Gasteiger partial charge on any atom is 0.220 e. The Morgan fingerprint density at radius 1 is 1.38 bits per heavy atom. The van der Waals surface area contributed by atoms with Gasteiger partial charge in [-0.25, -0.2) is 0 Å². The van der Waals surface area contributed by atoms with E-state index in [-0.39, 0.29) is 24.2 Å². The summed E-state index contributed by atoms with van der Waals surface area (Å²) in [6.07, 6.45) is 4.01. The number of amides is 1.